The SMILES string of the molecule is COc1ccc(I)cc1C(=O)CC1CC1. The van der Waals surface area contributed by atoms with Crippen molar-refractivity contribution < 1.29 is 9.53 Å². The van der Waals surface area contributed by atoms with Crippen molar-refractivity contribution in [3.8, 4) is 5.75 Å². The highest BCUT2D eigenvalue weighted by atomic mass is 127. The van der Waals surface area contributed by atoms with Crippen molar-refractivity contribution in [2.45, 2.75) is 19.3 Å². The summed E-state index contributed by atoms with van der Waals surface area (Å²) in [6.07, 6.45) is 3.09. The fourth-order valence-electron chi connectivity index (χ4n) is 1.59. The molecular weight excluding hydrogens is 303 g/mol. The molecule has 1 aromatic rings. The molecular formula is C12H13IO2. The van der Waals surface area contributed by atoms with Crippen LogP contribution in [0.5, 0.6) is 5.75 Å². The van der Waals surface area contributed by atoms with Gasteiger partial charge in [0.2, 0.25) is 0 Å². The molecule has 15 heavy (non-hydrogen) atoms. The number of rotatable bonds is 4. The third kappa shape index (κ3) is 2.71. The van der Waals surface area contributed by atoms with E-state index in [4.69, 9.17) is 4.74 Å². The van der Waals surface area contributed by atoms with E-state index >= 15 is 0 Å². The van der Waals surface area contributed by atoms with Gasteiger partial charge in [0.05, 0.1) is 12.7 Å². The van der Waals surface area contributed by atoms with Crippen LogP contribution in [0, 0.1) is 9.49 Å². The molecule has 0 N–H and O–H groups in total. The summed E-state index contributed by atoms with van der Waals surface area (Å²) in [7, 11) is 1.61. The zero-order valence-corrected chi connectivity index (χ0v) is 10.8. The quantitative estimate of drug-likeness (QED) is 0.629. The van der Waals surface area contributed by atoms with Gasteiger partial charge in [-0.25, -0.2) is 0 Å². The number of Topliss-reactive ketones (excluding diaryl/α,β-unsaturated/α-hetero) is 1. The first-order valence-corrected chi connectivity index (χ1v) is 6.15. The van der Waals surface area contributed by atoms with Crippen LogP contribution >= 0.6 is 22.6 Å². The van der Waals surface area contributed by atoms with Crippen molar-refractivity contribution in [2.24, 2.45) is 5.92 Å². The summed E-state index contributed by atoms with van der Waals surface area (Å²) in [4.78, 5) is 11.9. The molecule has 1 aromatic carbocycles. The Hall–Kier alpha value is -0.580. The van der Waals surface area contributed by atoms with E-state index in [9.17, 15) is 4.79 Å². The number of benzene rings is 1. The number of carbonyl (C=O) groups is 1. The number of methoxy groups -OCH3 is 1. The molecule has 0 heterocycles. The Kier molecular flexibility index (Phi) is 3.29. The Labute approximate surface area is 103 Å². The number of hydrogen-bond donors (Lipinski definition) is 0. The Morgan fingerprint density at radius 3 is 2.87 bits per heavy atom. The standard InChI is InChI=1S/C12H13IO2/c1-15-12-5-4-9(13)7-10(12)11(14)6-8-2-3-8/h4-5,7-8H,2-3,6H2,1H3. The number of ether oxygens (including phenoxy) is 1. The van der Waals surface area contributed by atoms with Crippen molar-refractivity contribution >= 4 is 28.4 Å². The third-order valence-electron chi connectivity index (χ3n) is 2.63. The maximum absolute atomic E-state index is 11.9. The van der Waals surface area contributed by atoms with Gasteiger partial charge in [-0.15, -0.1) is 0 Å². The largest absolute Gasteiger partial charge is 0.496 e. The van der Waals surface area contributed by atoms with E-state index in [0.29, 0.717) is 18.1 Å². The summed E-state index contributed by atoms with van der Waals surface area (Å²) in [5.41, 5.74) is 0.733. The van der Waals surface area contributed by atoms with Crippen LogP contribution in [0.15, 0.2) is 18.2 Å². The molecule has 0 bridgehead atoms. The molecule has 0 spiro atoms. The van der Waals surface area contributed by atoms with Crippen LogP contribution in [0.2, 0.25) is 0 Å². The first-order chi connectivity index (χ1) is 7.20. The fraction of sp³-hybridized carbons (Fsp3) is 0.417. The molecule has 0 aromatic heterocycles. The van der Waals surface area contributed by atoms with Gasteiger partial charge in [0.1, 0.15) is 5.75 Å². The van der Waals surface area contributed by atoms with Crippen molar-refractivity contribution in [3.63, 3.8) is 0 Å². The zero-order chi connectivity index (χ0) is 10.8. The fourth-order valence-corrected chi connectivity index (χ4v) is 2.08. The Morgan fingerprint density at radius 1 is 1.53 bits per heavy atom. The summed E-state index contributed by atoms with van der Waals surface area (Å²) < 4.78 is 6.28. The van der Waals surface area contributed by atoms with E-state index in [-0.39, 0.29) is 5.78 Å². The summed E-state index contributed by atoms with van der Waals surface area (Å²) >= 11 is 2.21. The monoisotopic (exact) mass is 316 g/mol. The second-order valence-corrected chi connectivity index (χ2v) is 5.16. The summed E-state index contributed by atoms with van der Waals surface area (Å²) in [6.45, 7) is 0. The Bertz CT molecular complexity index is 383. The zero-order valence-electron chi connectivity index (χ0n) is 8.63. The third-order valence-corrected chi connectivity index (χ3v) is 3.30. The van der Waals surface area contributed by atoms with Gasteiger partial charge in [0.25, 0.3) is 0 Å². The van der Waals surface area contributed by atoms with Crippen LogP contribution in [0.25, 0.3) is 0 Å². The van der Waals surface area contributed by atoms with E-state index in [0.717, 1.165) is 9.13 Å². The predicted molar refractivity (Wildman–Crippen MR) is 67.4 cm³/mol. The molecule has 0 saturated heterocycles. The van der Waals surface area contributed by atoms with E-state index in [2.05, 4.69) is 22.6 Å². The molecule has 1 aliphatic rings. The first kappa shape index (κ1) is 10.9. The maximum atomic E-state index is 11.9. The molecule has 0 amide bonds. The van der Waals surface area contributed by atoms with Crippen LogP contribution in [-0.2, 0) is 0 Å². The number of halogens is 1. The van der Waals surface area contributed by atoms with Crippen molar-refractivity contribution in [1.29, 1.82) is 0 Å². The Balaban J connectivity index is 2.23. The maximum Gasteiger partial charge on any atom is 0.166 e. The lowest BCUT2D eigenvalue weighted by molar-refractivity contribution is 0.0973. The van der Waals surface area contributed by atoms with Gasteiger partial charge in [-0.1, -0.05) is 0 Å². The van der Waals surface area contributed by atoms with Crippen LogP contribution in [-0.4, -0.2) is 12.9 Å². The summed E-state index contributed by atoms with van der Waals surface area (Å²) in [6, 6.07) is 5.72. The lowest BCUT2D eigenvalue weighted by Crippen LogP contribution is -2.03. The summed E-state index contributed by atoms with van der Waals surface area (Å²) in [5, 5.41) is 0. The smallest absolute Gasteiger partial charge is 0.166 e. The molecule has 2 nitrogen and oxygen atoms in total. The lowest BCUT2D eigenvalue weighted by atomic mass is 10.1. The van der Waals surface area contributed by atoms with E-state index in [1.807, 2.05) is 18.2 Å². The van der Waals surface area contributed by atoms with Gasteiger partial charge in [-0.3, -0.25) is 4.79 Å². The first-order valence-electron chi connectivity index (χ1n) is 5.07. The topological polar surface area (TPSA) is 26.3 Å². The molecule has 2 rings (SSSR count). The number of ketones is 1. The van der Waals surface area contributed by atoms with Gasteiger partial charge in [0, 0.05) is 9.99 Å². The van der Waals surface area contributed by atoms with Crippen molar-refractivity contribution in [1.82, 2.24) is 0 Å². The molecule has 0 unspecified atom stereocenters. The van der Waals surface area contributed by atoms with Gasteiger partial charge < -0.3 is 4.74 Å². The van der Waals surface area contributed by atoms with Crippen LogP contribution in [0.3, 0.4) is 0 Å². The van der Waals surface area contributed by atoms with Gasteiger partial charge in [0.15, 0.2) is 5.78 Å². The van der Waals surface area contributed by atoms with Crippen molar-refractivity contribution in [3.05, 3.63) is 27.3 Å². The second kappa shape index (κ2) is 4.51. The van der Waals surface area contributed by atoms with E-state index in [1.54, 1.807) is 7.11 Å². The average molecular weight is 316 g/mol. The number of hydrogen-bond acceptors (Lipinski definition) is 2. The normalized spacial score (nSPS) is 15.1. The minimum Gasteiger partial charge on any atom is -0.496 e. The predicted octanol–water partition coefficient (Wildman–Crippen LogP) is 3.28. The van der Waals surface area contributed by atoms with Gasteiger partial charge >= 0.3 is 0 Å². The molecule has 1 aliphatic carbocycles. The second-order valence-electron chi connectivity index (χ2n) is 3.92. The molecule has 1 fully saturated rings. The van der Waals surface area contributed by atoms with Crippen LogP contribution in [0.1, 0.15) is 29.6 Å². The molecule has 1 saturated carbocycles. The van der Waals surface area contributed by atoms with Crippen molar-refractivity contribution in [2.75, 3.05) is 7.11 Å². The Morgan fingerprint density at radius 2 is 2.27 bits per heavy atom. The molecule has 80 valence electrons. The highest BCUT2D eigenvalue weighted by molar-refractivity contribution is 14.1. The highest BCUT2D eigenvalue weighted by Crippen LogP contribution is 2.34. The molecule has 0 aliphatic heterocycles. The molecule has 3 heteroatoms. The van der Waals surface area contributed by atoms with E-state index in [1.165, 1.54) is 12.8 Å². The highest BCUT2D eigenvalue weighted by Gasteiger charge is 2.26. The van der Waals surface area contributed by atoms with Gasteiger partial charge in [-0.2, -0.15) is 0 Å². The minimum absolute atomic E-state index is 0.216. The van der Waals surface area contributed by atoms with E-state index < -0.39 is 0 Å². The minimum atomic E-state index is 0.216. The van der Waals surface area contributed by atoms with Crippen LogP contribution < -0.4 is 4.74 Å². The van der Waals surface area contributed by atoms with Gasteiger partial charge in [-0.05, 0) is 59.5 Å². The molecule has 0 atom stereocenters. The summed E-state index contributed by atoms with van der Waals surface area (Å²) in [5.74, 6) is 1.54. The lowest BCUT2D eigenvalue weighted by Gasteiger charge is -2.07. The number of carbonyl (C=O) groups excluding carboxylic acids is 1. The molecule has 0 radical (unpaired) electrons. The average Bonchev–Trinajstić information content (AvgIpc) is 3.01. The van der Waals surface area contributed by atoms with Crippen LogP contribution in [0.4, 0.5) is 0 Å².